The third-order valence-corrected chi connectivity index (χ3v) is 6.73. The lowest BCUT2D eigenvalue weighted by Gasteiger charge is -2.37. The monoisotopic (exact) mass is 437 g/mol. The average Bonchev–Trinajstić information content (AvgIpc) is 3.38. The molecule has 0 radical (unpaired) electrons. The molecule has 1 aromatic carbocycles. The van der Waals surface area contributed by atoms with E-state index in [4.69, 9.17) is 0 Å². The summed E-state index contributed by atoms with van der Waals surface area (Å²) in [5, 5.41) is 16.2. The lowest BCUT2D eigenvalue weighted by molar-refractivity contribution is -0.129. The van der Waals surface area contributed by atoms with Crippen molar-refractivity contribution in [3.63, 3.8) is 0 Å². The van der Waals surface area contributed by atoms with Gasteiger partial charge in [0.2, 0.25) is 11.8 Å². The largest absolute Gasteiger partial charge is 0.321 e. The molecule has 2 amide bonds. The maximum atomic E-state index is 12.9. The Balaban J connectivity index is 1.36. The SMILES string of the molecule is Cc1ccc(N2NCC3C(=O)NC(n4nc(C)cc4NC(=O)C4CCCCC4)NC32)cc1. The zero-order valence-electron chi connectivity index (χ0n) is 18.6. The third-order valence-electron chi connectivity index (χ3n) is 6.73. The molecule has 3 fully saturated rings. The normalized spacial score (nSPS) is 26.0. The van der Waals surface area contributed by atoms with Gasteiger partial charge in [-0.05, 0) is 38.8 Å². The van der Waals surface area contributed by atoms with Gasteiger partial charge >= 0.3 is 0 Å². The molecule has 170 valence electrons. The van der Waals surface area contributed by atoms with Crippen molar-refractivity contribution in [2.45, 2.75) is 58.4 Å². The van der Waals surface area contributed by atoms with Gasteiger partial charge in [-0.3, -0.25) is 19.9 Å². The molecule has 2 saturated heterocycles. The summed E-state index contributed by atoms with van der Waals surface area (Å²) in [4.78, 5) is 25.8. The van der Waals surface area contributed by atoms with Crippen molar-refractivity contribution in [2.75, 3.05) is 16.9 Å². The molecule has 2 aromatic rings. The quantitative estimate of drug-likeness (QED) is 0.585. The highest BCUT2D eigenvalue weighted by molar-refractivity contribution is 5.92. The maximum Gasteiger partial charge on any atom is 0.230 e. The van der Waals surface area contributed by atoms with Gasteiger partial charge < -0.3 is 10.6 Å². The number of amides is 2. The Morgan fingerprint density at radius 3 is 2.62 bits per heavy atom. The molecule has 1 aliphatic carbocycles. The highest BCUT2D eigenvalue weighted by atomic mass is 16.2. The first-order valence-corrected chi connectivity index (χ1v) is 11.5. The molecule has 0 spiro atoms. The van der Waals surface area contributed by atoms with Crippen molar-refractivity contribution < 1.29 is 9.59 Å². The van der Waals surface area contributed by atoms with Crippen LogP contribution in [0.25, 0.3) is 0 Å². The molecule has 5 rings (SSSR count). The molecule has 1 saturated carbocycles. The Morgan fingerprint density at radius 2 is 1.88 bits per heavy atom. The fourth-order valence-corrected chi connectivity index (χ4v) is 4.95. The minimum absolute atomic E-state index is 0.0367. The molecule has 3 atom stereocenters. The van der Waals surface area contributed by atoms with Gasteiger partial charge in [0.15, 0.2) is 6.29 Å². The van der Waals surface area contributed by atoms with Gasteiger partial charge in [-0.15, -0.1) is 0 Å². The van der Waals surface area contributed by atoms with E-state index >= 15 is 0 Å². The highest BCUT2D eigenvalue weighted by Crippen LogP contribution is 2.29. The van der Waals surface area contributed by atoms with Gasteiger partial charge in [0.1, 0.15) is 12.0 Å². The first-order chi connectivity index (χ1) is 15.5. The maximum absolute atomic E-state index is 12.9. The first kappa shape index (κ1) is 21.0. The van der Waals surface area contributed by atoms with Crippen LogP contribution in [-0.2, 0) is 9.59 Å². The number of fused-ring (bicyclic) bond motifs is 1. The molecule has 32 heavy (non-hydrogen) atoms. The number of hydrogen-bond donors (Lipinski definition) is 4. The molecule has 3 heterocycles. The van der Waals surface area contributed by atoms with Crippen molar-refractivity contribution in [1.29, 1.82) is 0 Å². The predicted octanol–water partition coefficient (Wildman–Crippen LogP) is 2.16. The molecule has 0 bridgehead atoms. The fraction of sp³-hybridized carbons (Fsp3) is 0.522. The van der Waals surface area contributed by atoms with Crippen molar-refractivity contribution in [3.05, 3.63) is 41.6 Å². The Morgan fingerprint density at radius 1 is 1.12 bits per heavy atom. The highest BCUT2D eigenvalue weighted by Gasteiger charge is 2.45. The summed E-state index contributed by atoms with van der Waals surface area (Å²) in [7, 11) is 0. The number of rotatable bonds is 4. The van der Waals surface area contributed by atoms with Crippen LogP contribution in [0.4, 0.5) is 11.5 Å². The average molecular weight is 438 g/mol. The second-order valence-electron chi connectivity index (χ2n) is 9.14. The summed E-state index contributed by atoms with van der Waals surface area (Å²) in [6.45, 7) is 4.49. The number of anilines is 2. The summed E-state index contributed by atoms with van der Waals surface area (Å²) in [6.07, 6.45) is 4.46. The summed E-state index contributed by atoms with van der Waals surface area (Å²) >= 11 is 0. The fourth-order valence-electron chi connectivity index (χ4n) is 4.95. The Kier molecular flexibility index (Phi) is 5.60. The van der Waals surface area contributed by atoms with Crippen molar-refractivity contribution in [2.24, 2.45) is 11.8 Å². The van der Waals surface area contributed by atoms with Crippen molar-refractivity contribution in [1.82, 2.24) is 25.8 Å². The second kappa shape index (κ2) is 8.55. The topological polar surface area (TPSA) is 103 Å². The number of hydrogen-bond acceptors (Lipinski definition) is 6. The minimum Gasteiger partial charge on any atom is -0.321 e. The summed E-state index contributed by atoms with van der Waals surface area (Å²) < 4.78 is 1.68. The number of nitrogens with zero attached hydrogens (tertiary/aromatic N) is 3. The van der Waals surface area contributed by atoms with Crippen LogP contribution in [0.5, 0.6) is 0 Å². The molecular formula is C23H31N7O2. The zero-order valence-corrected chi connectivity index (χ0v) is 18.6. The first-order valence-electron chi connectivity index (χ1n) is 11.5. The Hall–Kier alpha value is -2.91. The van der Waals surface area contributed by atoms with E-state index in [1.165, 1.54) is 12.0 Å². The number of aryl methyl sites for hydroxylation is 2. The molecule has 3 aliphatic rings. The van der Waals surface area contributed by atoms with E-state index < -0.39 is 6.29 Å². The van der Waals surface area contributed by atoms with E-state index in [-0.39, 0.29) is 29.8 Å². The van der Waals surface area contributed by atoms with Gasteiger partial charge in [-0.25, -0.2) is 10.1 Å². The van der Waals surface area contributed by atoms with Crippen LogP contribution in [0.2, 0.25) is 0 Å². The van der Waals surface area contributed by atoms with Gasteiger partial charge in [-0.2, -0.15) is 5.10 Å². The van der Waals surface area contributed by atoms with E-state index in [0.717, 1.165) is 37.1 Å². The molecule has 2 aliphatic heterocycles. The summed E-state index contributed by atoms with van der Waals surface area (Å²) in [6, 6.07) is 10.1. The molecule has 4 N–H and O–H groups in total. The lowest BCUT2D eigenvalue weighted by atomic mass is 9.89. The number of benzene rings is 1. The van der Waals surface area contributed by atoms with Gasteiger partial charge in [0, 0.05) is 18.5 Å². The van der Waals surface area contributed by atoms with Crippen LogP contribution in [0, 0.1) is 25.7 Å². The molecule has 1 aromatic heterocycles. The number of hydrazine groups is 1. The summed E-state index contributed by atoms with van der Waals surface area (Å²) in [5.74, 6) is 0.404. The second-order valence-corrected chi connectivity index (χ2v) is 9.14. The zero-order chi connectivity index (χ0) is 22.2. The van der Waals surface area contributed by atoms with E-state index in [1.54, 1.807) is 4.68 Å². The van der Waals surface area contributed by atoms with E-state index in [9.17, 15) is 9.59 Å². The lowest BCUT2D eigenvalue weighted by Crippen LogP contribution is -2.61. The Labute approximate surface area is 187 Å². The van der Waals surface area contributed by atoms with Crippen LogP contribution in [0.3, 0.4) is 0 Å². The van der Waals surface area contributed by atoms with Crippen LogP contribution in [0.1, 0.15) is 49.7 Å². The van der Waals surface area contributed by atoms with Gasteiger partial charge in [0.05, 0.1) is 17.3 Å². The molecule has 9 heteroatoms. The Bertz CT molecular complexity index is 996. The van der Waals surface area contributed by atoms with Crippen LogP contribution in [-0.4, -0.2) is 34.3 Å². The van der Waals surface area contributed by atoms with Crippen molar-refractivity contribution >= 4 is 23.3 Å². The summed E-state index contributed by atoms with van der Waals surface area (Å²) in [5.41, 5.74) is 6.30. The van der Waals surface area contributed by atoms with Crippen LogP contribution in [0.15, 0.2) is 30.3 Å². The number of carbonyl (C=O) groups is 2. The smallest absolute Gasteiger partial charge is 0.230 e. The van der Waals surface area contributed by atoms with Crippen LogP contribution < -0.4 is 26.4 Å². The van der Waals surface area contributed by atoms with Gasteiger partial charge in [0.25, 0.3) is 0 Å². The van der Waals surface area contributed by atoms with Crippen molar-refractivity contribution in [3.8, 4) is 0 Å². The van der Waals surface area contributed by atoms with E-state index in [0.29, 0.717) is 12.4 Å². The van der Waals surface area contributed by atoms with Gasteiger partial charge in [-0.1, -0.05) is 37.0 Å². The third kappa shape index (κ3) is 3.98. The van der Waals surface area contributed by atoms with E-state index in [2.05, 4.69) is 45.5 Å². The molecule has 9 nitrogen and oxygen atoms in total. The molecular weight excluding hydrogens is 406 g/mol. The predicted molar refractivity (Wildman–Crippen MR) is 121 cm³/mol. The molecule has 3 unspecified atom stereocenters. The van der Waals surface area contributed by atoms with Crippen LogP contribution >= 0.6 is 0 Å². The standard InChI is InChI=1S/C23H31N7O2/c1-14-8-10-17(11-9-14)29-20-18(13-24-29)22(32)27-23(26-20)30-19(12-15(2)28-30)25-21(31)16-6-4-3-5-7-16/h8-12,16,18,20,23-24,26H,3-7,13H2,1-2H3,(H,25,31)(H,27,32). The number of carbonyl (C=O) groups excluding carboxylic acids is 2. The number of aromatic nitrogens is 2. The van der Waals surface area contributed by atoms with E-state index in [1.807, 2.05) is 30.1 Å². The minimum atomic E-state index is -0.563. The number of nitrogens with one attached hydrogen (secondary N) is 4.